The summed E-state index contributed by atoms with van der Waals surface area (Å²) >= 11 is 0. The Labute approximate surface area is 135 Å². The summed E-state index contributed by atoms with van der Waals surface area (Å²) in [5, 5.41) is 14.4. The number of amides is 1. The molecule has 0 bridgehead atoms. The average Bonchev–Trinajstić information content (AvgIpc) is 3.25. The summed E-state index contributed by atoms with van der Waals surface area (Å²) in [7, 11) is 1.77. The molecule has 0 aliphatic heterocycles. The van der Waals surface area contributed by atoms with Crippen LogP contribution in [-0.4, -0.2) is 30.9 Å². The van der Waals surface area contributed by atoms with Crippen LogP contribution in [0.5, 0.6) is 0 Å². The van der Waals surface area contributed by atoms with Gasteiger partial charge in [-0.3, -0.25) is 14.8 Å². The number of carbonyl (C=O) groups excluding carboxylic acids is 1. The predicted octanol–water partition coefficient (Wildman–Crippen LogP) is 2.17. The maximum absolute atomic E-state index is 12.2. The molecule has 4 aromatic rings. The van der Waals surface area contributed by atoms with Crippen molar-refractivity contribution in [2.45, 2.75) is 6.92 Å². The predicted molar refractivity (Wildman–Crippen MR) is 83.2 cm³/mol. The number of fused-ring (bicyclic) bond motifs is 1. The van der Waals surface area contributed by atoms with E-state index in [1.165, 1.54) is 0 Å². The van der Waals surface area contributed by atoms with Gasteiger partial charge in [-0.1, -0.05) is 17.2 Å². The summed E-state index contributed by atoms with van der Waals surface area (Å²) in [5.74, 6) is -0.388. The summed E-state index contributed by atoms with van der Waals surface area (Å²) in [6, 6.07) is 8.86. The van der Waals surface area contributed by atoms with E-state index in [-0.39, 0.29) is 17.8 Å². The van der Waals surface area contributed by atoms with Crippen molar-refractivity contribution in [1.82, 2.24) is 25.0 Å². The highest BCUT2D eigenvalue weighted by Crippen LogP contribution is 2.21. The van der Waals surface area contributed by atoms with Gasteiger partial charge in [0.2, 0.25) is 0 Å². The molecule has 0 aliphatic rings. The van der Waals surface area contributed by atoms with Crippen LogP contribution in [0.2, 0.25) is 0 Å². The molecule has 0 aliphatic carbocycles. The van der Waals surface area contributed by atoms with Crippen molar-refractivity contribution in [3.63, 3.8) is 0 Å². The Kier molecular flexibility index (Phi) is 3.12. The average molecular weight is 324 g/mol. The fourth-order valence-electron chi connectivity index (χ4n) is 2.31. The molecule has 1 aromatic carbocycles. The topological polar surface area (TPSA) is 112 Å². The standard InChI is InChI=1S/C15H12N6O3/c1-8-7-10(21(2)20-8)13-18-19-15(24-13)17-12(22)14-16-9-5-3-4-6-11(9)23-14/h3-7H,1-2H3,(H,17,19,22). The normalized spacial score (nSPS) is 11.1. The van der Waals surface area contributed by atoms with Gasteiger partial charge in [-0.05, 0) is 25.1 Å². The van der Waals surface area contributed by atoms with Crippen LogP contribution in [0.15, 0.2) is 39.2 Å². The van der Waals surface area contributed by atoms with E-state index in [9.17, 15) is 4.79 Å². The zero-order valence-corrected chi connectivity index (χ0v) is 12.8. The Bertz CT molecular complexity index is 1010. The quantitative estimate of drug-likeness (QED) is 0.614. The number of hydrogen-bond donors (Lipinski definition) is 1. The lowest BCUT2D eigenvalue weighted by molar-refractivity contribution is 0.0989. The number of aryl methyl sites for hydroxylation is 2. The zero-order chi connectivity index (χ0) is 16.7. The van der Waals surface area contributed by atoms with Gasteiger partial charge < -0.3 is 8.83 Å². The van der Waals surface area contributed by atoms with Gasteiger partial charge >= 0.3 is 11.9 Å². The Balaban J connectivity index is 1.57. The Morgan fingerprint density at radius 2 is 2.04 bits per heavy atom. The van der Waals surface area contributed by atoms with Gasteiger partial charge in [0, 0.05) is 7.05 Å². The molecule has 24 heavy (non-hydrogen) atoms. The maximum atomic E-state index is 12.2. The van der Waals surface area contributed by atoms with E-state index in [2.05, 4.69) is 25.6 Å². The minimum absolute atomic E-state index is 0.0453. The lowest BCUT2D eigenvalue weighted by Crippen LogP contribution is -2.12. The van der Waals surface area contributed by atoms with Gasteiger partial charge in [-0.25, -0.2) is 4.98 Å². The Morgan fingerprint density at radius 3 is 2.79 bits per heavy atom. The Morgan fingerprint density at radius 1 is 1.21 bits per heavy atom. The second-order valence-corrected chi connectivity index (χ2v) is 5.15. The van der Waals surface area contributed by atoms with Gasteiger partial charge in [0.25, 0.3) is 11.8 Å². The van der Waals surface area contributed by atoms with Crippen LogP contribution in [-0.2, 0) is 7.05 Å². The molecule has 9 heteroatoms. The SMILES string of the molecule is Cc1cc(-c2nnc(NC(=O)c3nc4ccccc4o3)o2)n(C)n1. The molecule has 9 nitrogen and oxygen atoms in total. The Hall–Kier alpha value is -3.49. The number of oxazole rings is 1. The van der Waals surface area contributed by atoms with Crippen molar-refractivity contribution < 1.29 is 13.6 Å². The number of nitrogens with one attached hydrogen (secondary N) is 1. The molecule has 4 rings (SSSR count). The summed E-state index contributed by atoms with van der Waals surface area (Å²) in [6.07, 6.45) is 0. The second-order valence-electron chi connectivity index (χ2n) is 5.15. The minimum atomic E-state index is -0.567. The lowest BCUT2D eigenvalue weighted by atomic mass is 10.3. The number of para-hydroxylation sites is 2. The van der Waals surface area contributed by atoms with E-state index in [1.807, 2.05) is 13.0 Å². The van der Waals surface area contributed by atoms with E-state index in [4.69, 9.17) is 8.83 Å². The summed E-state index contributed by atoms with van der Waals surface area (Å²) in [6.45, 7) is 1.86. The molecular formula is C15H12N6O3. The third kappa shape index (κ3) is 2.41. The van der Waals surface area contributed by atoms with Crippen LogP contribution in [0.25, 0.3) is 22.7 Å². The molecule has 3 aromatic heterocycles. The first-order valence-corrected chi connectivity index (χ1v) is 7.11. The van der Waals surface area contributed by atoms with Gasteiger partial charge in [-0.15, -0.1) is 5.10 Å². The highest BCUT2D eigenvalue weighted by atomic mass is 16.4. The van der Waals surface area contributed by atoms with Crippen molar-refractivity contribution in [2.75, 3.05) is 5.32 Å². The van der Waals surface area contributed by atoms with E-state index < -0.39 is 5.91 Å². The summed E-state index contributed by atoms with van der Waals surface area (Å²) in [5.41, 5.74) is 2.60. The van der Waals surface area contributed by atoms with Crippen molar-refractivity contribution in [3.05, 3.63) is 41.9 Å². The molecule has 3 heterocycles. The van der Waals surface area contributed by atoms with Crippen LogP contribution in [0.3, 0.4) is 0 Å². The number of benzene rings is 1. The molecule has 1 amide bonds. The minimum Gasteiger partial charge on any atom is -0.432 e. The van der Waals surface area contributed by atoms with Crippen LogP contribution in [0.1, 0.15) is 16.4 Å². The number of anilines is 1. The summed E-state index contributed by atoms with van der Waals surface area (Å²) < 4.78 is 12.5. The molecule has 1 N–H and O–H groups in total. The van der Waals surface area contributed by atoms with E-state index >= 15 is 0 Å². The fraction of sp³-hybridized carbons (Fsp3) is 0.133. The van der Waals surface area contributed by atoms with E-state index in [1.54, 1.807) is 36.0 Å². The molecule has 0 atom stereocenters. The van der Waals surface area contributed by atoms with Crippen molar-refractivity contribution >= 4 is 23.0 Å². The fourth-order valence-corrected chi connectivity index (χ4v) is 2.31. The lowest BCUT2D eigenvalue weighted by Gasteiger charge is -1.95. The summed E-state index contributed by atoms with van der Waals surface area (Å²) in [4.78, 5) is 16.3. The van der Waals surface area contributed by atoms with Crippen LogP contribution in [0.4, 0.5) is 6.01 Å². The van der Waals surface area contributed by atoms with Gasteiger partial charge in [0.1, 0.15) is 11.2 Å². The van der Waals surface area contributed by atoms with E-state index in [0.717, 1.165) is 5.69 Å². The van der Waals surface area contributed by atoms with Gasteiger partial charge in [0.15, 0.2) is 5.58 Å². The van der Waals surface area contributed by atoms with Crippen LogP contribution < -0.4 is 5.32 Å². The smallest absolute Gasteiger partial charge is 0.323 e. The van der Waals surface area contributed by atoms with Crippen LogP contribution in [0, 0.1) is 6.92 Å². The number of aromatic nitrogens is 5. The number of rotatable bonds is 3. The molecule has 0 saturated carbocycles. The highest BCUT2D eigenvalue weighted by molar-refractivity contribution is 6.01. The first kappa shape index (κ1) is 14.1. The number of nitrogens with zero attached hydrogens (tertiary/aromatic N) is 5. The van der Waals surface area contributed by atoms with Crippen molar-refractivity contribution in [2.24, 2.45) is 7.05 Å². The van der Waals surface area contributed by atoms with Crippen molar-refractivity contribution in [3.8, 4) is 11.6 Å². The maximum Gasteiger partial charge on any atom is 0.323 e. The molecule has 0 unspecified atom stereocenters. The molecule has 0 saturated heterocycles. The second kappa shape index (κ2) is 5.30. The molecule has 0 fully saturated rings. The third-order valence-electron chi connectivity index (χ3n) is 3.35. The highest BCUT2D eigenvalue weighted by Gasteiger charge is 2.19. The largest absolute Gasteiger partial charge is 0.432 e. The van der Waals surface area contributed by atoms with Crippen LogP contribution >= 0.6 is 0 Å². The van der Waals surface area contributed by atoms with Gasteiger partial charge in [0.05, 0.1) is 5.69 Å². The first-order valence-electron chi connectivity index (χ1n) is 7.11. The number of carbonyl (C=O) groups is 1. The number of hydrogen-bond acceptors (Lipinski definition) is 7. The van der Waals surface area contributed by atoms with E-state index in [0.29, 0.717) is 16.8 Å². The zero-order valence-electron chi connectivity index (χ0n) is 12.8. The monoisotopic (exact) mass is 324 g/mol. The molecule has 0 spiro atoms. The van der Waals surface area contributed by atoms with Crippen molar-refractivity contribution in [1.29, 1.82) is 0 Å². The molecule has 120 valence electrons. The third-order valence-corrected chi connectivity index (χ3v) is 3.35. The molecular weight excluding hydrogens is 312 g/mol. The van der Waals surface area contributed by atoms with Gasteiger partial charge in [-0.2, -0.15) is 5.10 Å². The molecule has 0 radical (unpaired) electrons. The first-order chi connectivity index (χ1) is 11.6.